The van der Waals surface area contributed by atoms with Gasteiger partial charge in [-0.1, -0.05) is 0 Å². The second kappa shape index (κ2) is 5.91. The zero-order valence-electron chi connectivity index (χ0n) is 11.1. The molecule has 0 bridgehead atoms. The molecule has 0 aromatic heterocycles. The summed E-state index contributed by atoms with van der Waals surface area (Å²) in [6, 6.07) is 4.19. The Bertz CT molecular complexity index is 459. The number of carbonyl (C=O) groups excluding carboxylic acids is 1. The molecule has 0 saturated carbocycles. The predicted octanol–water partition coefficient (Wildman–Crippen LogP) is 2.19. The van der Waals surface area contributed by atoms with Gasteiger partial charge in [-0.15, -0.1) is 0 Å². The average molecular weight is 266 g/mol. The van der Waals surface area contributed by atoms with Crippen LogP contribution in [0.2, 0.25) is 0 Å². The van der Waals surface area contributed by atoms with Gasteiger partial charge in [0.15, 0.2) is 17.7 Å². The SMILES string of the molecule is CC(Oc1ccc(N)cc1F)C(=O)N1CCCCC1. The third kappa shape index (κ3) is 3.36. The van der Waals surface area contributed by atoms with Gasteiger partial charge in [0.25, 0.3) is 5.91 Å². The molecule has 1 aliphatic heterocycles. The summed E-state index contributed by atoms with van der Waals surface area (Å²) in [5, 5.41) is 0. The molecule has 1 unspecified atom stereocenters. The second-order valence-electron chi connectivity index (χ2n) is 4.84. The van der Waals surface area contributed by atoms with Crippen LogP contribution in [0.3, 0.4) is 0 Å². The molecule has 1 fully saturated rings. The molecule has 5 heteroatoms. The summed E-state index contributed by atoms with van der Waals surface area (Å²) in [5.41, 5.74) is 5.80. The lowest BCUT2D eigenvalue weighted by atomic mass is 10.1. The van der Waals surface area contributed by atoms with Crippen molar-refractivity contribution in [2.45, 2.75) is 32.3 Å². The molecule has 19 heavy (non-hydrogen) atoms. The molecular formula is C14H19FN2O2. The van der Waals surface area contributed by atoms with E-state index in [1.54, 1.807) is 17.9 Å². The van der Waals surface area contributed by atoms with Gasteiger partial charge in [-0.2, -0.15) is 0 Å². The van der Waals surface area contributed by atoms with Crippen LogP contribution in [-0.4, -0.2) is 30.0 Å². The Labute approximate surface area is 112 Å². The van der Waals surface area contributed by atoms with Gasteiger partial charge in [0, 0.05) is 24.8 Å². The number of benzene rings is 1. The quantitative estimate of drug-likeness (QED) is 0.853. The molecule has 2 rings (SSSR count). The summed E-state index contributed by atoms with van der Waals surface area (Å²) in [6.07, 6.45) is 2.52. The maximum atomic E-state index is 13.6. The molecular weight excluding hydrogens is 247 g/mol. The molecule has 1 aromatic rings. The monoisotopic (exact) mass is 266 g/mol. The van der Waals surface area contributed by atoms with Crippen LogP contribution >= 0.6 is 0 Å². The molecule has 1 aliphatic rings. The highest BCUT2D eigenvalue weighted by Crippen LogP contribution is 2.21. The standard InChI is InChI=1S/C14H19FN2O2/c1-10(14(18)17-7-3-2-4-8-17)19-13-6-5-11(16)9-12(13)15/h5-6,9-10H,2-4,7-8,16H2,1H3. The molecule has 0 spiro atoms. The zero-order chi connectivity index (χ0) is 13.8. The van der Waals surface area contributed by atoms with Crippen LogP contribution in [0.25, 0.3) is 0 Å². The molecule has 1 amide bonds. The number of nitrogens with two attached hydrogens (primary N) is 1. The van der Waals surface area contributed by atoms with Crippen molar-refractivity contribution in [1.29, 1.82) is 0 Å². The van der Waals surface area contributed by atoms with Crippen LogP contribution in [0.15, 0.2) is 18.2 Å². The molecule has 4 nitrogen and oxygen atoms in total. The van der Waals surface area contributed by atoms with Crippen LogP contribution in [0.5, 0.6) is 5.75 Å². The first-order valence-corrected chi connectivity index (χ1v) is 6.58. The minimum Gasteiger partial charge on any atom is -0.478 e. The number of nitrogen functional groups attached to an aromatic ring is 1. The van der Waals surface area contributed by atoms with E-state index in [1.807, 2.05) is 0 Å². The fraction of sp³-hybridized carbons (Fsp3) is 0.500. The molecule has 2 N–H and O–H groups in total. The van der Waals surface area contributed by atoms with Gasteiger partial charge in [0.1, 0.15) is 0 Å². The van der Waals surface area contributed by atoms with Crippen molar-refractivity contribution < 1.29 is 13.9 Å². The maximum absolute atomic E-state index is 13.6. The number of piperidine rings is 1. The van der Waals surface area contributed by atoms with Crippen LogP contribution in [0.1, 0.15) is 26.2 Å². The van der Waals surface area contributed by atoms with Crippen LogP contribution in [0.4, 0.5) is 10.1 Å². The molecule has 1 atom stereocenters. The van der Waals surface area contributed by atoms with Gasteiger partial charge in [0.2, 0.25) is 0 Å². The molecule has 0 aliphatic carbocycles. The smallest absolute Gasteiger partial charge is 0.263 e. The number of halogens is 1. The van der Waals surface area contributed by atoms with Crippen molar-refractivity contribution in [3.63, 3.8) is 0 Å². The number of amides is 1. The van der Waals surface area contributed by atoms with Crippen molar-refractivity contribution in [2.24, 2.45) is 0 Å². The highest BCUT2D eigenvalue weighted by Gasteiger charge is 2.24. The van der Waals surface area contributed by atoms with E-state index in [0.29, 0.717) is 5.69 Å². The van der Waals surface area contributed by atoms with E-state index in [2.05, 4.69) is 0 Å². The number of likely N-dealkylation sites (tertiary alicyclic amines) is 1. The highest BCUT2D eigenvalue weighted by atomic mass is 19.1. The fourth-order valence-corrected chi connectivity index (χ4v) is 2.22. The molecule has 1 aromatic carbocycles. The lowest BCUT2D eigenvalue weighted by Crippen LogP contribution is -2.43. The fourth-order valence-electron chi connectivity index (χ4n) is 2.22. The third-order valence-electron chi connectivity index (χ3n) is 3.28. The topological polar surface area (TPSA) is 55.6 Å². The molecule has 104 valence electrons. The minimum absolute atomic E-state index is 0.0621. The van der Waals surface area contributed by atoms with E-state index in [-0.39, 0.29) is 11.7 Å². The average Bonchev–Trinajstić information content (AvgIpc) is 2.42. The van der Waals surface area contributed by atoms with Crippen molar-refractivity contribution in [2.75, 3.05) is 18.8 Å². The third-order valence-corrected chi connectivity index (χ3v) is 3.28. The van der Waals surface area contributed by atoms with Gasteiger partial charge in [-0.25, -0.2) is 4.39 Å². The van der Waals surface area contributed by atoms with E-state index in [1.165, 1.54) is 12.1 Å². The lowest BCUT2D eigenvalue weighted by molar-refractivity contribution is -0.138. The summed E-state index contributed by atoms with van der Waals surface area (Å²) in [6.45, 7) is 3.17. The first-order valence-electron chi connectivity index (χ1n) is 6.58. The number of hydrogen-bond acceptors (Lipinski definition) is 3. The summed E-state index contributed by atoms with van der Waals surface area (Å²) in [7, 11) is 0. The van der Waals surface area contributed by atoms with Gasteiger partial charge in [0.05, 0.1) is 0 Å². The Hall–Kier alpha value is -1.78. The number of anilines is 1. The van der Waals surface area contributed by atoms with Crippen LogP contribution < -0.4 is 10.5 Å². The van der Waals surface area contributed by atoms with E-state index >= 15 is 0 Å². The second-order valence-corrected chi connectivity index (χ2v) is 4.84. The Kier molecular flexibility index (Phi) is 4.24. The first-order chi connectivity index (χ1) is 9.08. The Morgan fingerprint density at radius 2 is 2.05 bits per heavy atom. The summed E-state index contributed by atoms with van der Waals surface area (Å²) in [4.78, 5) is 13.9. The van der Waals surface area contributed by atoms with Crippen LogP contribution in [-0.2, 0) is 4.79 Å². The van der Waals surface area contributed by atoms with Gasteiger partial charge in [-0.3, -0.25) is 4.79 Å². The van der Waals surface area contributed by atoms with Crippen LogP contribution in [0, 0.1) is 5.82 Å². The highest BCUT2D eigenvalue weighted by molar-refractivity contribution is 5.81. The van der Waals surface area contributed by atoms with E-state index in [9.17, 15) is 9.18 Å². The Balaban J connectivity index is 1.99. The number of ether oxygens (including phenoxy) is 1. The lowest BCUT2D eigenvalue weighted by Gasteiger charge is -2.29. The summed E-state index contributed by atoms with van der Waals surface area (Å²) < 4.78 is 19.0. The van der Waals surface area contributed by atoms with Gasteiger partial charge >= 0.3 is 0 Å². The number of hydrogen-bond donors (Lipinski definition) is 1. The van der Waals surface area contributed by atoms with Crippen molar-refractivity contribution in [3.05, 3.63) is 24.0 Å². The predicted molar refractivity (Wildman–Crippen MR) is 71.3 cm³/mol. The number of nitrogens with zero attached hydrogens (tertiary/aromatic N) is 1. The van der Waals surface area contributed by atoms with Crippen molar-refractivity contribution >= 4 is 11.6 Å². The first kappa shape index (κ1) is 13.6. The Morgan fingerprint density at radius 1 is 1.37 bits per heavy atom. The van der Waals surface area contributed by atoms with E-state index in [4.69, 9.17) is 10.5 Å². The van der Waals surface area contributed by atoms with Gasteiger partial charge < -0.3 is 15.4 Å². The molecule has 0 radical (unpaired) electrons. The van der Waals surface area contributed by atoms with E-state index < -0.39 is 11.9 Å². The van der Waals surface area contributed by atoms with Crippen molar-refractivity contribution in [3.8, 4) is 5.75 Å². The van der Waals surface area contributed by atoms with Crippen molar-refractivity contribution in [1.82, 2.24) is 4.90 Å². The van der Waals surface area contributed by atoms with E-state index in [0.717, 1.165) is 32.4 Å². The molecule has 1 saturated heterocycles. The number of carbonyl (C=O) groups is 1. The minimum atomic E-state index is -0.684. The maximum Gasteiger partial charge on any atom is 0.263 e. The summed E-state index contributed by atoms with van der Waals surface area (Å²) in [5.74, 6) is -0.568. The summed E-state index contributed by atoms with van der Waals surface area (Å²) >= 11 is 0. The zero-order valence-corrected chi connectivity index (χ0v) is 11.1. The Morgan fingerprint density at radius 3 is 2.68 bits per heavy atom. The van der Waals surface area contributed by atoms with Gasteiger partial charge in [-0.05, 0) is 38.3 Å². The largest absolute Gasteiger partial charge is 0.478 e. The number of rotatable bonds is 3. The molecule has 1 heterocycles. The normalized spacial score (nSPS) is 17.1.